The second-order valence-corrected chi connectivity index (χ2v) is 11.8. The molecule has 0 bridgehead atoms. The van der Waals surface area contributed by atoms with Crippen LogP contribution < -0.4 is 26.1 Å². The number of aryl methyl sites for hydroxylation is 1. The van der Waals surface area contributed by atoms with E-state index >= 15 is 0 Å². The minimum Gasteiger partial charge on any atom is -0.486 e. The fraction of sp³-hybridized carbons (Fsp3) is 0.391. The molecule has 1 fully saturated rings. The van der Waals surface area contributed by atoms with Crippen molar-refractivity contribution < 1.29 is 50.9 Å². The zero-order chi connectivity index (χ0) is 32.9. The highest BCUT2D eigenvalue weighted by atomic mass is 32.3. The molecule has 1 aliphatic heterocycles. The number of hydrogen-bond acceptors (Lipinski definition) is 15. The molecular formula is C23H29N10O10S2+. The van der Waals surface area contributed by atoms with Gasteiger partial charge in [0, 0.05) is 5.38 Å². The Balaban J connectivity index is 1.44. The average Bonchev–Trinajstić information content (AvgIpc) is 3.64. The van der Waals surface area contributed by atoms with Crippen LogP contribution in [0.1, 0.15) is 26.0 Å². The van der Waals surface area contributed by atoms with E-state index in [1.54, 1.807) is 17.1 Å². The number of ether oxygens (including phenoxy) is 1. The van der Waals surface area contributed by atoms with Crippen LogP contribution in [0.4, 0.5) is 5.13 Å². The van der Waals surface area contributed by atoms with Crippen molar-refractivity contribution in [3.05, 3.63) is 42.2 Å². The maximum atomic E-state index is 13.2. The number of aliphatic carboxylic acids is 1. The smallest absolute Gasteiger partial charge is 0.418 e. The lowest BCUT2D eigenvalue weighted by atomic mass is 9.84. The molecule has 0 radical (unpaired) electrons. The number of β-lactam (4-membered cyclic amide) rings is 1. The van der Waals surface area contributed by atoms with Gasteiger partial charge < -0.3 is 31.5 Å². The number of hydroxylamine groups is 2. The van der Waals surface area contributed by atoms with Crippen molar-refractivity contribution in [2.24, 2.45) is 10.9 Å². The highest BCUT2D eigenvalue weighted by molar-refractivity contribution is 7.80. The van der Waals surface area contributed by atoms with E-state index in [4.69, 9.17) is 25.6 Å². The van der Waals surface area contributed by atoms with Gasteiger partial charge in [-0.1, -0.05) is 5.16 Å². The zero-order valence-corrected chi connectivity index (χ0v) is 25.3. The molecule has 22 heteroatoms. The Morgan fingerprint density at radius 1 is 1.31 bits per heavy atom. The standard InChI is InChI=1S/C23H28N10O10S2/c1-23(2)17(19(35)33(23)43-45(38,39)40)29-18(34)16(14-11-44-21(25)28-14)30-42-15(20(36)37)10-41-13-8-26-22(27-9-13)32-7-6-31(12-32)5-3-4-24/h6-9,11-12,15,17H,3-5,10,24H2,1-2H3,(H4-,25,28,29,34,36,37,38,39,40)/p+1/b30-16-/t15?,17-/m1/s1. The third-order valence-electron chi connectivity index (χ3n) is 6.21. The first-order chi connectivity index (χ1) is 21.2. The van der Waals surface area contributed by atoms with Crippen LogP contribution in [0.3, 0.4) is 0 Å². The molecule has 3 aromatic heterocycles. The number of nitrogens with one attached hydrogen (secondary N) is 1. The number of aromatic nitrogens is 5. The molecule has 2 atom stereocenters. The number of carboxylic acids is 1. The Hall–Kier alpha value is -4.77. The quantitative estimate of drug-likeness (QED) is 0.0386. The lowest BCUT2D eigenvalue weighted by molar-refractivity contribution is -0.696. The number of carboxylic acid groups (broad SMARTS) is 1. The Labute approximate surface area is 259 Å². The van der Waals surface area contributed by atoms with Crippen molar-refractivity contribution in [2.45, 2.75) is 44.5 Å². The summed E-state index contributed by atoms with van der Waals surface area (Å²) >= 11 is 0.946. The predicted molar refractivity (Wildman–Crippen MR) is 152 cm³/mol. The number of imidazole rings is 1. The van der Waals surface area contributed by atoms with E-state index in [-0.39, 0.29) is 16.6 Å². The maximum Gasteiger partial charge on any atom is 0.418 e. The van der Waals surface area contributed by atoms with Gasteiger partial charge in [-0.25, -0.2) is 14.3 Å². The predicted octanol–water partition coefficient (Wildman–Crippen LogP) is -1.96. The number of hydrogen-bond donors (Lipinski definition) is 5. The first-order valence-corrected chi connectivity index (χ1v) is 15.2. The van der Waals surface area contributed by atoms with Crippen molar-refractivity contribution in [1.29, 1.82) is 0 Å². The Morgan fingerprint density at radius 3 is 2.60 bits per heavy atom. The largest absolute Gasteiger partial charge is 0.486 e. The summed E-state index contributed by atoms with van der Waals surface area (Å²) in [7, 11) is -5.02. The monoisotopic (exact) mass is 669 g/mol. The van der Waals surface area contributed by atoms with Crippen LogP contribution in [-0.4, -0.2) is 97.0 Å². The molecule has 45 heavy (non-hydrogen) atoms. The Kier molecular flexibility index (Phi) is 9.92. The number of nitrogens with zero attached hydrogens (tertiary/aromatic N) is 7. The molecule has 2 amide bonds. The van der Waals surface area contributed by atoms with E-state index in [9.17, 15) is 27.9 Å². The van der Waals surface area contributed by atoms with Crippen LogP contribution in [0.2, 0.25) is 0 Å². The number of anilines is 1. The number of thiazole rings is 1. The maximum absolute atomic E-state index is 13.2. The highest BCUT2D eigenvalue weighted by Crippen LogP contribution is 2.33. The number of amides is 2. The van der Waals surface area contributed by atoms with E-state index in [1.165, 1.54) is 31.6 Å². The summed E-state index contributed by atoms with van der Waals surface area (Å²) in [6.07, 6.45) is 7.12. The molecule has 20 nitrogen and oxygen atoms in total. The van der Waals surface area contributed by atoms with Crippen molar-refractivity contribution in [3.8, 4) is 11.7 Å². The van der Waals surface area contributed by atoms with E-state index in [1.807, 2.05) is 10.8 Å². The zero-order valence-electron chi connectivity index (χ0n) is 23.7. The number of carbonyl (C=O) groups is 3. The molecule has 4 heterocycles. The van der Waals surface area contributed by atoms with Crippen molar-refractivity contribution in [2.75, 3.05) is 18.9 Å². The van der Waals surface area contributed by atoms with Crippen LogP contribution in [-0.2, 0) is 40.4 Å². The number of oxime groups is 1. The van der Waals surface area contributed by atoms with Crippen molar-refractivity contribution >= 4 is 50.4 Å². The molecule has 1 aliphatic rings. The summed E-state index contributed by atoms with van der Waals surface area (Å²) in [4.78, 5) is 55.0. The number of carbonyl (C=O) groups excluding carboxylic acids is 2. The Bertz CT molecular complexity index is 1690. The van der Waals surface area contributed by atoms with Gasteiger partial charge in [0.05, 0.1) is 24.5 Å². The van der Waals surface area contributed by atoms with Crippen LogP contribution in [0.5, 0.6) is 5.75 Å². The second kappa shape index (κ2) is 13.5. The summed E-state index contributed by atoms with van der Waals surface area (Å²) in [5.74, 6) is -3.08. The van der Waals surface area contributed by atoms with Crippen LogP contribution in [0, 0.1) is 0 Å². The van der Waals surface area contributed by atoms with Crippen molar-refractivity contribution in [3.63, 3.8) is 0 Å². The Morgan fingerprint density at radius 2 is 2.02 bits per heavy atom. The molecule has 4 rings (SSSR count). The summed E-state index contributed by atoms with van der Waals surface area (Å²) in [6.45, 7) is 3.41. The van der Waals surface area contributed by atoms with Gasteiger partial charge in [0.25, 0.3) is 24.2 Å². The fourth-order valence-corrected chi connectivity index (χ4v) is 4.89. The van der Waals surface area contributed by atoms with E-state index in [0.29, 0.717) is 17.6 Å². The third kappa shape index (κ3) is 8.04. The molecule has 0 aliphatic carbocycles. The van der Waals surface area contributed by atoms with Gasteiger partial charge in [-0.3, -0.25) is 14.1 Å². The van der Waals surface area contributed by atoms with E-state index in [0.717, 1.165) is 24.3 Å². The van der Waals surface area contributed by atoms with Gasteiger partial charge in [-0.2, -0.15) is 28.0 Å². The van der Waals surface area contributed by atoms with Gasteiger partial charge >= 0.3 is 22.3 Å². The topological polar surface area (TPSA) is 281 Å². The normalized spacial score (nSPS) is 17.0. The minimum absolute atomic E-state index is 0.0464. The SMILES string of the molecule is CC1(C)[C@H](NC(=O)/C(=N\OC(COc2cnc(-n3cc[n+](CCCN)c3)nc2)C(=O)O)c2csc(N)n2)C(=O)N1OS(=O)(=O)O. The molecule has 0 spiro atoms. The molecule has 1 saturated heterocycles. The second-order valence-electron chi connectivity index (χ2n) is 9.87. The number of nitrogen functional groups attached to an aromatic ring is 1. The summed E-state index contributed by atoms with van der Waals surface area (Å²) in [5, 5.41) is 17.4. The van der Waals surface area contributed by atoms with Crippen LogP contribution >= 0.6 is 11.3 Å². The third-order valence-corrected chi connectivity index (χ3v) is 7.22. The lowest BCUT2D eigenvalue weighted by Gasteiger charge is -2.50. The van der Waals surface area contributed by atoms with Gasteiger partial charge in [0.1, 0.15) is 30.7 Å². The molecular weight excluding hydrogens is 640 g/mol. The van der Waals surface area contributed by atoms with Crippen LogP contribution in [0.15, 0.2) is 41.7 Å². The molecule has 7 N–H and O–H groups in total. The highest BCUT2D eigenvalue weighted by Gasteiger charge is 2.58. The molecule has 0 aromatic carbocycles. The molecule has 0 saturated carbocycles. The number of nitrogens with two attached hydrogens (primary N) is 2. The van der Waals surface area contributed by atoms with Crippen LogP contribution in [0.25, 0.3) is 5.95 Å². The van der Waals surface area contributed by atoms with Gasteiger partial charge in [0.15, 0.2) is 16.6 Å². The minimum atomic E-state index is -5.02. The number of rotatable bonds is 15. The summed E-state index contributed by atoms with van der Waals surface area (Å²) in [6, 6.07) is -1.34. The summed E-state index contributed by atoms with van der Waals surface area (Å²) in [5.41, 5.74) is 9.13. The van der Waals surface area contributed by atoms with E-state index in [2.05, 4.69) is 29.7 Å². The molecule has 1 unspecified atom stereocenters. The average molecular weight is 670 g/mol. The molecule has 242 valence electrons. The lowest BCUT2D eigenvalue weighted by Crippen LogP contribution is -2.76. The van der Waals surface area contributed by atoms with Gasteiger partial charge in [0.2, 0.25) is 0 Å². The molecule has 3 aromatic rings. The van der Waals surface area contributed by atoms with Gasteiger partial charge in [-0.15, -0.1) is 15.6 Å². The first-order valence-electron chi connectivity index (χ1n) is 12.9. The first kappa shape index (κ1) is 33.1. The van der Waals surface area contributed by atoms with Gasteiger partial charge in [-0.05, 0) is 26.8 Å². The fourth-order valence-electron chi connectivity index (χ4n) is 3.89. The van der Waals surface area contributed by atoms with Crippen molar-refractivity contribution in [1.82, 2.24) is 29.9 Å². The summed E-state index contributed by atoms with van der Waals surface area (Å²) < 4.78 is 44.4. The van der Waals surface area contributed by atoms with E-state index < -0.39 is 58.2 Å².